The van der Waals surface area contributed by atoms with Crippen molar-refractivity contribution in [2.24, 2.45) is 5.92 Å². The van der Waals surface area contributed by atoms with Gasteiger partial charge < -0.3 is 10.1 Å². The number of carbonyl (C=O) groups excluding carboxylic acids is 1. The standard InChI is InChI=1S/C13H14ClNO4S/c14-13(9-3-4-20(17,18)7-9)8-1-2-11-10(5-8)15-12(16)6-19-11/h1-2,5,9,13H,3-4,6-7H2,(H,15,16). The minimum atomic E-state index is -2.95. The number of fused-ring (bicyclic) bond motifs is 1. The van der Waals surface area contributed by atoms with Crippen molar-refractivity contribution in [3.8, 4) is 5.75 Å². The van der Waals surface area contributed by atoms with Crippen LogP contribution in [0.15, 0.2) is 18.2 Å². The molecule has 0 aliphatic carbocycles. The van der Waals surface area contributed by atoms with Crippen molar-refractivity contribution in [2.75, 3.05) is 23.4 Å². The molecule has 2 unspecified atom stereocenters. The number of benzene rings is 1. The molecule has 20 heavy (non-hydrogen) atoms. The molecule has 1 N–H and O–H groups in total. The first kappa shape index (κ1) is 13.7. The number of hydrogen-bond donors (Lipinski definition) is 1. The molecule has 2 heterocycles. The van der Waals surface area contributed by atoms with Gasteiger partial charge in [0.05, 0.1) is 22.6 Å². The average molecular weight is 316 g/mol. The number of carbonyl (C=O) groups is 1. The van der Waals surface area contributed by atoms with E-state index in [2.05, 4.69) is 5.32 Å². The van der Waals surface area contributed by atoms with Crippen LogP contribution in [-0.4, -0.2) is 32.4 Å². The molecule has 2 aliphatic heterocycles. The Morgan fingerprint density at radius 2 is 2.20 bits per heavy atom. The third-order valence-corrected chi connectivity index (χ3v) is 6.04. The molecular weight excluding hydrogens is 302 g/mol. The first-order chi connectivity index (χ1) is 9.44. The van der Waals surface area contributed by atoms with Gasteiger partial charge in [-0.05, 0) is 30.0 Å². The summed E-state index contributed by atoms with van der Waals surface area (Å²) in [5.41, 5.74) is 1.39. The predicted molar refractivity (Wildman–Crippen MR) is 75.9 cm³/mol. The highest BCUT2D eigenvalue weighted by molar-refractivity contribution is 7.91. The zero-order valence-corrected chi connectivity index (χ0v) is 12.2. The molecule has 2 aliphatic rings. The van der Waals surface area contributed by atoms with E-state index in [1.165, 1.54) is 0 Å². The van der Waals surface area contributed by atoms with Crippen molar-refractivity contribution in [3.63, 3.8) is 0 Å². The molecule has 0 spiro atoms. The molecular formula is C13H14ClNO4S. The van der Waals surface area contributed by atoms with E-state index >= 15 is 0 Å². The first-order valence-corrected chi connectivity index (χ1v) is 8.61. The summed E-state index contributed by atoms with van der Waals surface area (Å²) in [5.74, 6) is 0.646. The summed E-state index contributed by atoms with van der Waals surface area (Å²) in [4.78, 5) is 11.3. The smallest absolute Gasteiger partial charge is 0.262 e. The maximum Gasteiger partial charge on any atom is 0.262 e. The van der Waals surface area contributed by atoms with E-state index in [-0.39, 0.29) is 35.3 Å². The van der Waals surface area contributed by atoms with E-state index in [9.17, 15) is 13.2 Å². The Bertz CT molecular complexity index is 658. The van der Waals surface area contributed by atoms with Crippen LogP contribution in [0.3, 0.4) is 0 Å². The zero-order valence-electron chi connectivity index (χ0n) is 10.6. The van der Waals surface area contributed by atoms with E-state index in [1.54, 1.807) is 12.1 Å². The lowest BCUT2D eigenvalue weighted by atomic mass is 9.97. The molecule has 7 heteroatoms. The fraction of sp³-hybridized carbons (Fsp3) is 0.462. The Kier molecular flexibility index (Phi) is 3.38. The summed E-state index contributed by atoms with van der Waals surface area (Å²) in [5, 5.41) is 2.34. The summed E-state index contributed by atoms with van der Waals surface area (Å²) in [6.45, 7) is 0.0114. The SMILES string of the molecule is O=C1COc2ccc(C(Cl)C3CCS(=O)(=O)C3)cc2N1. The van der Waals surface area contributed by atoms with Crippen LogP contribution in [0.1, 0.15) is 17.4 Å². The predicted octanol–water partition coefficient (Wildman–Crippen LogP) is 1.73. The second-order valence-corrected chi connectivity index (χ2v) is 7.86. The molecule has 0 radical (unpaired) electrons. The van der Waals surface area contributed by atoms with Crippen molar-refractivity contribution >= 4 is 33.0 Å². The number of alkyl halides is 1. The van der Waals surface area contributed by atoms with Crippen LogP contribution in [-0.2, 0) is 14.6 Å². The fourth-order valence-electron chi connectivity index (χ4n) is 2.60. The van der Waals surface area contributed by atoms with Crippen LogP contribution in [0.25, 0.3) is 0 Å². The third-order valence-electron chi connectivity index (χ3n) is 3.64. The minimum Gasteiger partial charge on any atom is -0.482 e. The first-order valence-electron chi connectivity index (χ1n) is 6.36. The second kappa shape index (κ2) is 4.93. The van der Waals surface area contributed by atoms with Gasteiger partial charge in [0.2, 0.25) is 0 Å². The molecule has 1 aromatic carbocycles. The molecule has 1 aromatic rings. The van der Waals surface area contributed by atoms with Gasteiger partial charge >= 0.3 is 0 Å². The van der Waals surface area contributed by atoms with E-state index in [0.29, 0.717) is 17.9 Å². The molecule has 3 rings (SSSR count). The number of ether oxygens (including phenoxy) is 1. The summed E-state index contributed by atoms with van der Waals surface area (Å²) < 4.78 is 28.3. The van der Waals surface area contributed by atoms with Crippen LogP contribution in [0.5, 0.6) is 5.75 Å². The summed E-state index contributed by atoms with van der Waals surface area (Å²) in [7, 11) is -2.95. The average Bonchev–Trinajstić information content (AvgIpc) is 2.77. The van der Waals surface area contributed by atoms with E-state index in [0.717, 1.165) is 5.56 Å². The van der Waals surface area contributed by atoms with Crippen LogP contribution in [0.4, 0.5) is 5.69 Å². The van der Waals surface area contributed by atoms with Crippen molar-refractivity contribution < 1.29 is 17.9 Å². The Labute approximate surface area is 122 Å². The summed E-state index contributed by atoms with van der Waals surface area (Å²) in [6, 6.07) is 5.33. The summed E-state index contributed by atoms with van der Waals surface area (Å²) in [6.07, 6.45) is 0.580. The van der Waals surface area contributed by atoms with E-state index in [4.69, 9.17) is 16.3 Å². The number of anilines is 1. The normalized spacial score (nSPS) is 25.4. The van der Waals surface area contributed by atoms with Crippen molar-refractivity contribution in [2.45, 2.75) is 11.8 Å². The number of rotatable bonds is 2. The second-order valence-electron chi connectivity index (χ2n) is 5.16. The van der Waals surface area contributed by atoms with Crippen LogP contribution < -0.4 is 10.1 Å². The minimum absolute atomic E-state index is 0.0114. The molecule has 0 saturated carbocycles. The lowest BCUT2D eigenvalue weighted by Crippen LogP contribution is -2.25. The number of sulfone groups is 1. The molecule has 0 bridgehead atoms. The summed E-state index contributed by atoms with van der Waals surface area (Å²) >= 11 is 6.40. The molecule has 0 aromatic heterocycles. The van der Waals surface area contributed by atoms with Crippen LogP contribution in [0.2, 0.25) is 0 Å². The van der Waals surface area contributed by atoms with Crippen molar-refractivity contribution in [3.05, 3.63) is 23.8 Å². The van der Waals surface area contributed by atoms with Crippen molar-refractivity contribution in [1.82, 2.24) is 0 Å². The zero-order chi connectivity index (χ0) is 14.3. The largest absolute Gasteiger partial charge is 0.482 e. The quantitative estimate of drug-likeness (QED) is 0.844. The van der Waals surface area contributed by atoms with Gasteiger partial charge in [-0.1, -0.05) is 6.07 Å². The highest BCUT2D eigenvalue weighted by Crippen LogP contribution is 2.39. The van der Waals surface area contributed by atoms with Gasteiger partial charge in [-0.15, -0.1) is 11.6 Å². The number of hydrogen-bond acceptors (Lipinski definition) is 4. The van der Waals surface area contributed by atoms with Gasteiger partial charge in [0.1, 0.15) is 5.75 Å². The van der Waals surface area contributed by atoms with Gasteiger partial charge in [-0.25, -0.2) is 8.42 Å². The van der Waals surface area contributed by atoms with Gasteiger partial charge in [0.25, 0.3) is 5.91 Å². The third kappa shape index (κ3) is 2.62. The topological polar surface area (TPSA) is 72.5 Å². The Morgan fingerprint density at radius 3 is 2.90 bits per heavy atom. The van der Waals surface area contributed by atoms with Crippen LogP contribution in [0, 0.1) is 5.92 Å². The van der Waals surface area contributed by atoms with Gasteiger partial charge in [-0.2, -0.15) is 0 Å². The fourth-order valence-corrected chi connectivity index (χ4v) is 4.90. The maximum absolute atomic E-state index is 11.5. The maximum atomic E-state index is 11.5. The monoisotopic (exact) mass is 315 g/mol. The Morgan fingerprint density at radius 1 is 1.40 bits per heavy atom. The van der Waals surface area contributed by atoms with E-state index in [1.807, 2.05) is 6.07 Å². The van der Waals surface area contributed by atoms with Gasteiger partial charge in [0.15, 0.2) is 16.4 Å². The van der Waals surface area contributed by atoms with E-state index < -0.39 is 9.84 Å². The highest BCUT2D eigenvalue weighted by atomic mass is 35.5. The lowest BCUT2D eigenvalue weighted by Gasteiger charge is -2.21. The Hall–Kier alpha value is -1.27. The molecule has 5 nitrogen and oxygen atoms in total. The lowest BCUT2D eigenvalue weighted by molar-refractivity contribution is -0.118. The molecule has 1 amide bonds. The number of halogens is 1. The number of nitrogens with one attached hydrogen (secondary N) is 1. The van der Waals surface area contributed by atoms with Crippen molar-refractivity contribution in [1.29, 1.82) is 0 Å². The molecule has 2 atom stereocenters. The van der Waals surface area contributed by atoms with Crippen LogP contribution >= 0.6 is 11.6 Å². The highest BCUT2D eigenvalue weighted by Gasteiger charge is 2.34. The molecule has 1 fully saturated rings. The van der Waals surface area contributed by atoms with Gasteiger partial charge in [0, 0.05) is 0 Å². The molecule has 108 valence electrons. The Balaban J connectivity index is 1.84. The molecule has 1 saturated heterocycles. The number of amides is 1. The van der Waals surface area contributed by atoms with Gasteiger partial charge in [-0.3, -0.25) is 4.79 Å².